The van der Waals surface area contributed by atoms with E-state index in [1.165, 1.54) is 5.56 Å². The van der Waals surface area contributed by atoms with Crippen LogP contribution in [0, 0.1) is 0 Å². The quantitative estimate of drug-likeness (QED) is 0.792. The molecule has 0 aliphatic carbocycles. The van der Waals surface area contributed by atoms with Crippen LogP contribution in [0.5, 0.6) is 5.75 Å². The molecule has 1 atom stereocenters. The number of rotatable bonds is 7. The highest BCUT2D eigenvalue weighted by atomic mass is 16.5. The largest absolute Gasteiger partial charge is 0.494 e. The molecule has 0 fully saturated rings. The molecule has 0 aliphatic heterocycles. The summed E-state index contributed by atoms with van der Waals surface area (Å²) < 4.78 is 10.8. The van der Waals surface area contributed by atoms with E-state index >= 15 is 0 Å². The van der Waals surface area contributed by atoms with Gasteiger partial charge in [-0.1, -0.05) is 13.0 Å². The fourth-order valence-electron chi connectivity index (χ4n) is 1.77. The standard InChI is InChI=1S/C14H23NO2/c1-4-13(15)9-11-6-7-14(17-5-2)12(8-11)10-16-3/h6-8,13H,4-5,9-10,15H2,1-3H3. The van der Waals surface area contributed by atoms with Gasteiger partial charge in [-0.05, 0) is 37.5 Å². The van der Waals surface area contributed by atoms with Crippen LogP contribution in [0.2, 0.25) is 0 Å². The molecule has 0 aliphatic rings. The van der Waals surface area contributed by atoms with Gasteiger partial charge in [-0.25, -0.2) is 0 Å². The Morgan fingerprint density at radius 1 is 1.29 bits per heavy atom. The van der Waals surface area contributed by atoms with Crippen LogP contribution < -0.4 is 10.5 Å². The number of hydrogen-bond donors (Lipinski definition) is 1. The monoisotopic (exact) mass is 237 g/mol. The number of methoxy groups -OCH3 is 1. The van der Waals surface area contributed by atoms with Crippen LogP contribution in [0.25, 0.3) is 0 Å². The molecule has 1 aromatic carbocycles. The molecular formula is C14H23NO2. The van der Waals surface area contributed by atoms with Crippen molar-refractivity contribution in [3.63, 3.8) is 0 Å². The maximum atomic E-state index is 5.96. The minimum atomic E-state index is 0.225. The summed E-state index contributed by atoms with van der Waals surface area (Å²) in [4.78, 5) is 0. The first-order valence-electron chi connectivity index (χ1n) is 6.20. The van der Waals surface area contributed by atoms with Gasteiger partial charge < -0.3 is 15.2 Å². The highest BCUT2D eigenvalue weighted by Crippen LogP contribution is 2.22. The third kappa shape index (κ3) is 4.36. The molecule has 0 amide bonds. The summed E-state index contributed by atoms with van der Waals surface area (Å²) in [6.45, 7) is 5.34. The third-order valence-corrected chi connectivity index (χ3v) is 2.75. The van der Waals surface area contributed by atoms with Crippen LogP contribution in [-0.2, 0) is 17.8 Å². The van der Waals surface area contributed by atoms with Crippen LogP contribution in [0.1, 0.15) is 31.4 Å². The fraction of sp³-hybridized carbons (Fsp3) is 0.571. The molecule has 0 spiro atoms. The van der Waals surface area contributed by atoms with E-state index in [4.69, 9.17) is 15.2 Å². The first-order chi connectivity index (χ1) is 8.21. The zero-order valence-electron chi connectivity index (χ0n) is 11.0. The van der Waals surface area contributed by atoms with Gasteiger partial charge in [0.15, 0.2) is 0 Å². The van der Waals surface area contributed by atoms with Crippen molar-refractivity contribution in [2.24, 2.45) is 5.73 Å². The first-order valence-corrected chi connectivity index (χ1v) is 6.20. The van der Waals surface area contributed by atoms with E-state index < -0.39 is 0 Å². The smallest absolute Gasteiger partial charge is 0.124 e. The summed E-state index contributed by atoms with van der Waals surface area (Å²) in [5, 5.41) is 0. The second kappa shape index (κ2) is 7.30. The molecule has 0 saturated carbocycles. The Kier molecular flexibility index (Phi) is 6.01. The van der Waals surface area contributed by atoms with Crippen molar-refractivity contribution in [3.05, 3.63) is 29.3 Å². The molecule has 0 saturated heterocycles. The second-order valence-corrected chi connectivity index (χ2v) is 4.18. The van der Waals surface area contributed by atoms with E-state index in [0.717, 1.165) is 24.2 Å². The Morgan fingerprint density at radius 3 is 2.65 bits per heavy atom. The van der Waals surface area contributed by atoms with Gasteiger partial charge in [0.1, 0.15) is 5.75 Å². The molecule has 1 unspecified atom stereocenters. The predicted octanol–water partition coefficient (Wildman–Crippen LogP) is 2.51. The molecular weight excluding hydrogens is 214 g/mol. The van der Waals surface area contributed by atoms with Gasteiger partial charge in [0.2, 0.25) is 0 Å². The van der Waals surface area contributed by atoms with Gasteiger partial charge in [-0.3, -0.25) is 0 Å². The zero-order valence-corrected chi connectivity index (χ0v) is 11.0. The van der Waals surface area contributed by atoms with Gasteiger partial charge in [-0.15, -0.1) is 0 Å². The lowest BCUT2D eigenvalue weighted by Crippen LogP contribution is -2.21. The number of nitrogens with two attached hydrogens (primary N) is 1. The average molecular weight is 237 g/mol. The van der Waals surface area contributed by atoms with Crippen molar-refractivity contribution in [3.8, 4) is 5.75 Å². The third-order valence-electron chi connectivity index (χ3n) is 2.75. The number of benzene rings is 1. The Hall–Kier alpha value is -1.06. The van der Waals surface area contributed by atoms with E-state index in [1.54, 1.807) is 7.11 Å². The zero-order chi connectivity index (χ0) is 12.7. The first kappa shape index (κ1) is 14.0. The fourth-order valence-corrected chi connectivity index (χ4v) is 1.77. The van der Waals surface area contributed by atoms with Crippen LogP contribution in [-0.4, -0.2) is 19.8 Å². The Morgan fingerprint density at radius 2 is 2.06 bits per heavy atom. The number of ether oxygens (including phenoxy) is 2. The molecule has 0 aromatic heterocycles. The lowest BCUT2D eigenvalue weighted by Gasteiger charge is -2.13. The van der Waals surface area contributed by atoms with Crippen molar-refractivity contribution < 1.29 is 9.47 Å². The van der Waals surface area contributed by atoms with Crippen molar-refractivity contribution in [1.29, 1.82) is 0 Å². The van der Waals surface area contributed by atoms with E-state index in [0.29, 0.717) is 13.2 Å². The second-order valence-electron chi connectivity index (χ2n) is 4.18. The lowest BCUT2D eigenvalue weighted by molar-refractivity contribution is 0.180. The normalized spacial score (nSPS) is 12.5. The van der Waals surface area contributed by atoms with Crippen LogP contribution >= 0.6 is 0 Å². The lowest BCUT2D eigenvalue weighted by atomic mass is 10.0. The Labute approximate surface area is 104 Å². The molecule has 96 valence electrons. The molecule has 3 heteroatoms. The molecule has 1 aromatic rings. The minimum Gasteiger partial charge on any atom is -0.494 e. The minimum absolute atomic E-state index is 0.225. The van der Waals surface area contributed by atoms with Gasteiger partial charge in [-0.2, -0.15) is 0 Å². The van der Waals surface area contributed by atoms with E-state index in [9.17, 15) is 0 Å². The summed E-state index contributed by atoms with van der Waals surface area (Å²) >= 11 is 0. The van der Waals surface area contributed by atoms with Gasteiger partial charge >= 0.3 is 0 Å². The maximum absolute atomic E-state index is 5.96. The average Bonchev–Trinajstić information content (AvgIpc) is 2.33. The van der Waals surface area contributed by atoms with Crippen LogP contribution in [0.3, 0.4) is 0 Å². The maximum Gasteiger partial charge on any atom is 0.124 e. The summed E-state index contributed by atoms with van der Waals surface area (Å²) in [6.07, 6.45) is 1.90. The SMILES string of the molecule is CCOc1ccc(CC(N)CC)cc1COC. The predicted molar refractivity (Wildman–Crippen MR) is 70.3 cm³/mol. The summed E-state index contributed by atoms with van der Waals surface area (Å²) in [5.74, 6) is 0.906. The van der Waals surface area contributed by atoms with Crippen LogP contribution in [0.4, 0.5) is 0 Å². The van der Waals surface area contributed by atoms with Gasteiger partial charge in [0, 0.05) is 18.7 Å². The van der Waals surface area contributed by atoms with Crippen LogP contribution in [0.15, 0.2) is 18.2 Å². The highest BCUT2D eigenvalue weighted by molar-refractivity contribution is 5.37. The number of hydrogen-bond acceptors (Lipinski definition) is 3. The van der Waals surface area contributed by atoms with E-state index in [-0.39, 0.29) is 6.04 Å². The molecule has 0 bridgehead atoms. The molecule has 0 heterocycles. The Bertz CT molecular complexity index is 339. The van der Waals surface area contributed by atoms with Crippen molar-refractivity contribution in [2.45, 2.75) is 39.3 Å². The van der Waals surface area contributed by atoms with Gasteiger partial charge in [0.25, 0.3) is 0 Å². The van der Waals surface area contributed by atoms with E-state index in [1.807, 2.05) is 13.0 Å². The van der Waals surface area contributed by atoms with Gasteiger partial charge in [0.05, 0.1) is 13.2 Å². The van der Waals surface area contributed by atoms with Crippen molar-refractivity contribution >= 4 is 0 Å². The van der Waals surface area contributed by atoms with Crippen molar-refractivity contribution in [2.75, 3.05) is 13.7 Å². The summed E-state index contributed by atoms with van der Waals surface area (Å²) in [7, 11) is 1.69. The highest BCUT2D eigenvalue weighted by Gasteiger charge is 2.07. The summed E-state index contributed by atoms with van der Waals surface area (Å²) in [6, 6.07) is 6.45. The Balaban J connectivity index is 2.84. The molecule has 2 N–H and O–H groups in total. The molecule has 1 rings (SSSR count). The molecule has 3 nitrogen and oxygen atoms in total. The van der Waals surface area contributed by atoms with E-state index in [2.05, 4.69) is 19.1 Å². The topological polar surface area (TPSA) is 44.5 Å². The summed E-state index contributed by atoms with van der Waals surface area (Å²) in [5.41, 5.74) is 8.30. The molecule has 17 heavy (non-hydrogen) atoms. The van der Waals surface area contributed by atoms with Crippen molar-refractivity contribution in [1.82, 2.24) is 0 Å². The molecule has 0 radical (unpaired) electrons.